The SMILES string of the molecule is CC(C)(C)OC(=O)N1CC(C(=O)C(F)(F)CBr)C1. The van der Waals surface area contributed by atoms with Crippen molar-refractivity contribution < 1.29 is 23.1 Å². The van der Waals surface area contributed by atoms with Gasteiger partial charge in [0.15, 0.2) is 0 Å². The van der Waals surface area contributed by atoms with Gasteiger partial charge in [0.1, 0.15) is 5.60 Å². The summed E-state index contributed by atoms with van der Waals surface area (Å²) in [7, 11) is 0. The highest BCUT2D eigenvalue weighted by Crippen LogP contribution is 2.28. The van der Waals surface area contributed by atoms with Crippen LogP contribution >= 0.6 is 15.9 Å². The van der Waals surface area contributed by atoms with Crippen LogP contribution in [0.4, 0.5) is 13.6 Å². The molecular weight excluding hydrogens is 312 g/mol. The van der Waals surface area contributed by atoms with E-state index in [2.05, 4.69) is 15.9 Å². The zero-order valence-electron chi connectivity index (χ0n) is 10.5. The third kappa shape index (κ3) is 3.63. The van der Waals surface area contributed by atoms with Crippen molar-refractivity contribution in [3.8, 4) is 0 Å². The van der Waals surface area contributed by atoms with Gasteiger partial charge in [-0.05, 0) is 20.8 Å². The standard InChI is InChI=1S/C11H16BrF2NO3/c1-10(2,3)18-9(17)15-4-7(5-15)8(16)11(13,14)6-12/h7H,4-6H2,1-3H3. The van der Waals surface area contributed by atoms with Crippen molar-refractivity contribution in [2.45, 2.75) is 32.3 Å². The van der Waals surface area contributed by atoms with Crippen molar-refractivity contribution in [2.75, 3.05) is 18.4 Å². The molecule has 1 fully saturated rings. The molecule has 0 aromatic rings. The second-order valence-electron chi connectivity index (χ2n) is 5.28. The molecule has 0 spiro atoms. The van der Waals surface area contributed by atoms with Crippen LogP contribution in [-0.2, 0) is 9.53 Å². The number of carbonyl (C=O) groups excluding carboxylic acids is 2. The minimum atomic E-state index is -3.37. The molecular formula is C11H16BrF2NO3. The lowest BCUT2D eigenvalue weighted by Gasteiger charge is -2.39. The van der Waals surface area contributed by atoms with Crippen molar-refractivity contribution in [2.24, 2.45) is 5.92 Å². The monoisotopic (exact) mass is 327 g/mol. The van der Waals surface area contributed by atoms with Gasteiger partial charge in [0, 0.05) is 13.1 Å². The molecule has 104 valence electrons. The number of alkyl halides is 3. The summed E-state index contributed by atoms with van der Waals surface area (Å²) in [5.74, 6) is -5.30. The number of ether oxygens (including phenoxy) is 1. The normalized spacial score (nSPS) is 17.3. The number of hydrogen-bond acceptors (Lipinski definition) is 3. The predicted octanol–water partition coefficient (Wildman–Crippen LogP) is 2.45. The third-order valence-corrected chi connectivity index (χ3v) is 3.14. The van der Waals surface area contributed by atoms with E-state index in [4.69, 9.17) is 4.74 Å². The molecule has 1 rings (SSSR count). The summed E-state index contributed by atoms with van der Waals surface area (Å²) in [5, 5.41) is -0.693. The van der Waals surface area contributed by atoms with Crippen molar-refractivity contribution in [1.82, 2.24) is 4.90 Å². The van der Waals surface area contributed by atoms with E-state index in [1.165, 1.54) is 4.90 Å². The molecule has 1 aliphatic heterocycles. The second-order valence-corrected chi connectivity index (χ2v) is 5.85. The molecule has 0 atom stereocenters. The fourth-order valence-corrected chi connectivity index (χ4v) is 1.76. The van der Waals surface area contributed by atoms with E-state index in [1.54, 1.807) is 20.8 Å². The molecule has 4 nitrogen and oxygen atoms in total. The number of halogens is 3. The van der Waals surface area contributed by atoms with E-state index in [-0.39, 0.29) is 13.1 Å². The van der Waals surface area contributed by atoms with E-state index in [9.17, 15) is 18.4 Å². The Kier molecular flexibility index (Phi) is 4.35. The Hall–Kier alpha value is -0.720. The first-order chi connectivity index (χ1) is 8.07. The molecule has 0 N–H and O–H groups in total. The Labute approximate surface area is 113 Å². The number of amides is 1. The van der Waals surface area contributed by atoms with Gasteiger partial charge in [-0.3, -0.25) is 4.79 Å². The smallest absolute Gasteiger partial charge is 0.410 e. The molecule has 1 aliphatic rings. The van der Waals surface area contributed by atoms with Crippen LogP contribution in [0.5, 0.6) is 0 Å². The van der Waals surface area contributed by atoms with E-state index >= 15 is 0 Å². The van der Waals surface area contributed by atoms with Crippen molar-refractivity contribution in [3.05, 3.63) is 0 Å². The summed E-state index contributed by atoms with van der Waals surface area (Å²) in [6, 6.07) is 0. The summed E-state index contributed by atoms with van der Waals surface area (Å²) < 4.78 is 31.2. The van der Waals surface area contributed by atoms with Gasteiger partial charge < -0.3 is 9.64 Å². The van der Waals surface area contributed by atoms with Crippen LogP contribution in [0.2, 0.25) is 0 Å². The number of ketones is 1. The topological polar surface area (TPSA) is 46.6 Å². The quantitative estimate of drug-likeness (QED) is 0.748. The van der Waals surface area contributed by atoms with Gasteiger partial charge in [-0.1, -0.05) is 15.9 Å². The first kappa shape index (κ1) is 15.3. The second kappa shape index (κ2) is 5.11. The molecule has 1 saturated heterocycles. The van der Waals surface area contributed by atoms with Gasteiger partial charge in [-0.15, -0.1) is 0 Å². The minimum absolute atomic E-state index is 0.00363. The Bertz CT molecular complexity index is 349. The van der Waals surface area contributed by atoms with Crippen LogP contribution in [0.3, 0.4) is 0 Å². The molecule has 0 aliphatic carbocycles. The number of hydrogen-bond donors (Lipinski definition) is 0. The molecule has 7 heteroatoms. The Morgan fingerprint density at radius 1 is 1.33 bits per heavy atom. The van der Waals surface area contributed by atoms with E-state index < -0.39 is 34.6 Å². The number of rotatable bonds is 3. The van der Waals surface area contributed by atoms with Crippen LogP contribution in [0.15, 0.2) is 0 Å². The average molecular weight is 328 g/mol. The summed E-state index contributed by atoms with van der Waals surface area (Å²) in [5.41, 5.74) is -0.633. The lowest BCUT2D eigenvalue weighted by Crippen LogP contribution is -2.57. The highest BCUT2D eigenvalue weighted by molar-refractivity contribution is 9.09. The summed E-state index contributed by atoms with van der Waals surface area (Å²) in [6.07, 6.45) is -0.575. The zero-order chi connectivity index (χ0) is 14.1. The predicted molar refractivity (Wildman–Crippen MR) is 65.0 cm³/mol. The number of likely N-dealkylation sites (tertiary alicyclic amines) is 1. The molecule has 0 unspecified atom stereocenters. The zero-order valence-corrected chi connectivity index (χ0v) is 12.1. The Morgan fingerprint density at radius 2 is 1.83 bits per heavy atom. The maximum absolute atomic E-state index is 13.1. The highest BCUT2D eigenvalue weighted by Gasteiger charge is 2.48. The lowest BCUT2D eigenvalue weighted by molar-refractivity contribution is -0.149. The molecule has 18 heavy (non-hydrogen) atoms. The maximum Gasteiger partial charge on any atom is 0.410 e. The highest BCUT2D eigenvalue weighted by atomic mass is 79.9. The lowest BCUT2D eigenvalue weighted by atomic mass is 9.92. The molecule has 0 saturated carbocycles. The van der Waals surface area contributed by atoms with Gasteiger partial charge in [0.05, 0.1) is 11.2 Å². The third-order valence-electron chi connectivity index (χ3n) is 2.43. The minimum Gasteiger partial charge on any atom is -0.444 e. The maximum atomic E-state index is 13.1. The van der Waals surface area contributed by atoms with Gasteiger partial charge in [0.25, 0.3) is 0 Å². The fraction of sp³-hybridized carbons (Fsp3) is 0.818. The van der Waals surface area contributed by atoms with Crippen LogP contribution < -0.4 is 0 Å². The summed E-state index contributed by atoms with van der Waals surface area (Å²) >= 11 is 2.60. The summed E-state index contributed by atoms with van der Waals surface area (Å²) in [4.78, 5) is 24.1. The largest absolute Gasteiger partial charge is 0.444 e. The fourth-order valence-electron chi connectivity index (χ4n) is 1.48. The van der Waals surface area contributed by atoms with E-state index in [0.717, 1.165) is 0 Å². The average Bonchev–Trinajstić information content (AvgIpc) is 2.12. The van der Waals surface area contributed by atoms with E-state index in [0.29, 0.717) is 0 Å². The van der Waals surface area contributed by atoms with Crippen molar-refractivity contribution in [1.29, 1.82) is 0 Å². The molecule has 0 aromatic carbocycles. The van der Waals surface area contributed by atoms with E-state index in [1.807, 2.05) is 0 Å². The molecule has 0 aromatic heterocycles. The first-order valence-electron chi connectivity index (χ1n) is 5.53. The number of nitrogens with zero attached hydrogens (tertiary/aromatic N) is 1. The van der Waals surface area contributed by atoms with Crippen molar-refractivity contribution >= 4 is 27.8 Å². The van der Waals surface area contributed by atoms with Gasteiger partial charge >= 0.3 is 12.0 Å². The Morgan fingerprint density at radius 3 is 2.22 bits per heavy atom. The van der Waals surface area contributed by atoms with Gasteiger partial charge in [-0.25, -0.2) is 4.79 Å². The molecule has 1 heterocycles. The van der Waals surface area contributed by atoms with Crippen LogP contribution in [-0.4, -0.2) is 46.7 Å². The molecule has 0 bridgehead atoms. The van der Waals surface area contributed by atoms with Gasteiger partial charge in [0.2, 0.25) is 5.78 Å². The van der Waals surface area contributed by atoms with Crippen LogP contribution in [0, 0.1) is 5.92 Å². The Balaban J connectivity index is 2.45. The van der Waals surface area contributed by atoms with Crippen molar-refractivity contribution in [3.63, 3.8) is 0 Å². The first-order valence-corrected chi connectivity index (χ1v) is 6.65. The van der Waals surface area contributed by atoms with Crippen LogP contribution in [0.1, 0.15) is 20.8 Å². The molecule has 0 radical (unpaired) electrons. The summed E-state index contributed by atoms with van der Waals surface area (Å²) in [6.45, 7) is 5.14. The molecule has 1 amide bonds. The van der Waals surface area contributed by atoms with Gasteiger partial charge in [-0.2, -0.15) is 8.78 Å². The number of carbonyl (C=O) groups is 2. The van der Waals surface area contributed by atoms with Crippen LogP contribution in [0.25, 0.3) is 0 Å². The number of Topliss-reactive ketones (excluding diaryl/α,β-unsaturated/α-hetero) is 1.